The second-order valence-corrected chi connectivity index (χ2v) is 6.38. The zero-order valence-corrected chi connectivity index (χ0v) is 12.8. The van der Waals surface area contributed by atoms with Crippen LogP contribution in [0.4, 0.5) is 5.69 Å². The molecule has 0 bridgehead atoms. The van der Waals surface area contributed by atoms with Crippen molar-refractivity contribution in [3.63, 3.8) is 0 Å². The van der Waals surface area contributed by atoms with E-state index in [0.717, 1.165) is 40.9 Å². The first-order valence-corrected chi connectivity index (χ1v) is 7.96. The molecule has 1 aliphatic rings. The molecule has 100 valence electrons. The van der Waals surface area contributed by atoms with Crippen molar-refractivity contribution in [2.45, 2.75) is 32.4 Å². The molecule has 0 amide bonds. The highest BCUT2D eigenvalue weighted by atomic mass is 79.9. The number of halogens is 1. The van der Waals surface area contributed by atoms with Crippen molar-refractivity contribution < 1.29 is 0 Å². The van der Waals surface area contributed by atoms with Crippen LogP contribution >= 0.6 is 27.3 Å². The van der Waals surface area contributed by atoms with Crippen molar-refractivity contribution >= 4 is 33.0 Å². The molecular weight excluding hydrogens is 326 g/mol. The largest absolute Gasteiger partial charge is 0.325 e. The minimum Gasteiger partial charge on any atom is -0.256 e. The van der Waals surface area contributed by atoms with Gasteiger partial charge in [0.15, 0.2) is 0 Å². The summed E-state index contributed by atoms with van der Waals surface area (Å²) >= 11 is 4.64. The van der Waals surface area contributed by atoms with Gasteiger partial charge in [-0.3, -0.25) is 9.48 Å². The number of hydrogen-bond acceptors (Lipinski definition) is 3. The van der Waals surface area contributed by atoms with Crippen LogP contribution in [-0.4, -0.2) is 9.36 Å². The number of rotatable bonds is 1. The molecular formula is C13H14BrN3OS. The molecule has 0 atom stereocenters. The molecule has 6 heteroatoms. The molecule has 1 aliphatic heterocycles. The monoisotopic (exact) mass is 339 g/mol. The van der Waals surface area contributed by atoms with Gasteiger partial charge in [-0.25, -0.2) is 9.67 Å². The van der Waals surface area contributed by atoms with E-state index in [1.165, 1.54) is 17.8 Å². The summed E-state index contributed by atoms with van der Waals surface area (Å²) in [5.74, 6) is 0. The molecule has 3 rings (SSSR count). The Balaban J connectivity index is 2.10. The van der Waals surface area contributed by atoms with Crippen molar-refractivity contribution in [3.05, 3.63) is 43.2 Å². The Morgan fingerprint density at radius 2 is 1.74 bits per heavy atom. The van der Waals surface area contributed by atoms with Gasteiger partial charge in [-0.1, -0.05) is 15.9 Å². The maximum absolute atomic E-state index is 12.0. The Kier molecular flexibility index (Phi) is 3.70. The molecule has 0 aliphatic carbocycles. The molecule has 19 heavy (non-hydrogen) atoms. The van der Waals surface area contributed by atoms with Gasteiger partial charge in [0, 0.05) is 17.6 Å². The van der Waals surface area contributed by atoms with E-state index in [1.54, 1.807) is 0 Å². The third kappa shape index (κ3) is 2.74. The van der Waals surface area contributed by atoms with Crippen LogP contribution < -0.4 is 9.67 Å². The van der Waals surface area contributed by atoms with E-state index in [2.05, 4.69) is 20.9 Å². The van der Waals surface area contributed by atoms with Crippen molar-refractivity contribution in [3.8, 4) is 0 Å². The third-order valence-electron chi connectivity index (χ3n) is 3.19. The molecule has 2 heterocycles. The SMILES string of the molecule is O=c1sc(=Nc2ccc(Br)cc2)n2n1CCCCC2. The summed E-state index contributed by atoms with van der Waals surface area (Å²) in [6.07, 6.45) is 3.37. The summed E-state index contributed by atoms with van der Waals surface area (Å²) < 4.78 is 4.89. The van der Waals surface area contributed by atoms with E-state index < -0.39 is 0 Å². The lowest BCUT2D eigenvalue weighted by atomic mass is 10.2. The van der Waals surface area contributed by atoms with Crippen LogP contribution in [0.3, 0.4) is 0 Å². The van der Waals surface area contributed by atoms with Gasteiger partial charge in [0.2, 0.25) is 4.80 Å². The minimum atomic E-state index is 0.0951. The van der Waals surface area contributed by atoms with Crippen LogP contribution in [0.5, 0.6) is 0 Å². The predicted octanol–water partition coefficient (Wildman–Crippen LogP) is 2.89. The first-order chi connectivity index (χ1) is 9.24. The van der Waals surface area contributed by atoms with Gasteiger partial charge in [0.05, 0.1) is 5.69 Å². The van der Waals surface area contributed by atoms with Gasteiger partial charge >= 0.3 is 4.87 Å². The first kappa shape index (κ1) is 12.9. The highest BCUT2D eigenvalue weighted by molar-refractivity contribution is 9.10. The zero-order chi connectivity index (χ0) is 13.2. The topological polar surface area (TPSA) is 39.3 Å². The summed E-state index contributed by atoms with van der Waals surface area (Å²) in [5, 5.41) is 0. The van der Waals surface area contributed by atoms with Gasteiger partial charge in [0.25, 0.3) is 0 Å². The number of nitrogens with zero attached hydrogens (tertiary/aromatic N) is 3. The lowest BCUT2D eigenvalue weighted by molar-refractivity contribution is 0.462. The van der Waals surface area contributed by atoms with E-state index in [0.29, 0.717) is 0 Å². The Hall–Kier alpha value is -1.14. The van der Waals surface area contributed by atoms with Crippen LogP contribution in [-0.2, 0) is 13.1 Å². The van der Waals surface area contributed by atoms with Gasteiger partial charge < -0.3 is 0 Å². The summed E-state index contributed by atoms with van der Waals surface area (Å²) in [7, 11) is 0. The maximum atomic E-state index is 12.0. The summed E-state index contributed by atoms with van der Waals surface area (Å²) in [6, 6.07) is 7.81. The quantitative estimate of drug-likeness (QED) is 0.787. The van der Waals surface area contributed by atoms with Gasteiger partial charge in [0.1, 0.15) is 0 Å². The lowest BCUT2D eigenvalue weighted by Gasteiger charge is -2.05. The summed E-state index contributed by atoms with van der Waals surface area (Å²) in [6.45, 7) is 1.69. The lowest BCUT2D eigenvalue weighted by Crippen LogP contribution is -2.25. The number of fused-ring (bicyclic) bond motifs is 1. The average Bonchev–Trinajstić information content (AvgIpc) is 2.59. The Labute approximate surface area is 123 Å². The highest BCUT2D eigenvalue weighted by Crippen LogP contribution is 2.16. The molecule has 4 nitrogen and oxygen atoms in total. The van der Waals surface area contributed by atoms with E-state index >= 15 is 0 Å². The van der Waals surface area contributed by atoms with E-state index in [1.807, 2.05) is 33.6 Å². The molecule has 0 spiro atoms. The minimum absolute atomic E-state index is 0.0951. The van der Waals surface area contributed by atoms with Gasteiger partial charge in [-0.15, -0.1) is 0 Å². The second kappa shape index (κ2) is 5.46. The smallest absolute Gasteiger partial charge is 0.256 e. The molecule has 0 radical (unpaired) electrons. The Morgan fingerprint density at radius 3 is 2.47 bits per heavy atom. The second-order valence-electron chi connectivity index (χ2n) is 4.55. The standard InChI is InChI=1S/C13H14BrN3OS/c14-10-4-6-11(7-5-10)15-12-16-8-2-1-3-9-17(16)13(18)19-12/h4-7H,1-3,8-9H2. The predicted molar refractivity (Wildman–Crippen MR) is 79.8 cm³/mol. The molecule has 0 unspecified atom stereocenters. The third-order valence-corrected chi connectivity index (χ3v) is 4.59. The van der Waals surface area contributed by atoms with Crippen molar-refractivity contribution in [2.75, 3.05) is 0 Å². The average molecular weight is 340 g/mol. The Bertz CT molecular complexity index is 696. The van der Waals surface area contributed by atoms with Crippen LogP contribution in [0.25, 0.3) is 0 Å². The molecule has 0 saturated carbocycles. The highest BCUT2D eigenvalue weighted by Gasteiger charge is 2.11. The van der Waals surface area contributed by atoms with E-state index in [-0.39, 0.29) is 4.87 Å². The number of benzene rings is 1. The summed E-state index contributed by atoms with van der Waals surface area (Å²) in [4.78, 5) is 17.5. The molecule has 1 aromatic heterocycles. The van der Waals surface area contributed by atoms with Crippen LogP contribution in [0, 0.1) is 0 Å². The van der Waals surface area contributed by atoms with Gasteiger partial charge in [-0.2, -0.15) is 0 Å². The zero-order valence-electron chi connectivity index (χ0n) is 10.4. The molecule has 1 aromatic carbocycles. The van der Waals surface area contributed by atoms with Crippen molar-refractivity contribution in [1.82, 2.24) is 9.36 Å². The fourth-order valence-corrected chi connectivity index (χ4v) is 3.38. The van der Waals surface area contributed by atoms with Crippen LogP contribution in [0.1, 0.15) is 19.3 Å². The maximum Gasteiger partial charge on any atom is 0.325 e. The van der Waals surface area contributed by atoms with Crippen LogP contribution in [0.15, 0.2) is 38.5 Å². The summed E-state index contributed by atoms with van der Waals surface area (Å²) in [5.41, 5.74) is 0.879. The molecule has 0 N–H and O–H groups in total. The van der Waals surface area contributed by atoms with Crippen molar-refractivity contribution in [2.24, 2.45) is 4.99 Å². The molecule has 2 aromatic rings. The normalized spacial score (nSPS) is 16.2. The Morgan fingerprint density at radius 1 is 1.05 bits per heavy atom. The number of hydrogen-bond donors (Lipinski definition) is 0. The molecule has 0 saturated heterocycles. The molecule has 0 fully saturated rings. The van der Waals surface area contributed by atoms with Crippen LogP contribution in [0.2, 0.25) is 0 Å². The number of aromatic nitrogens is 2. The van der Waals surface area contributed by atoms with Crippen molar-refractivity contribution in [1.29, 1.82) is 0 Å². The van der Waals surface area contributed by atoms with E-state index in [4.69, 9.17) is 0 Å². The van der Waals surface area contributed by atoms with Gasteiger partial charge in [-0.05, 0) is 54.9 Å². The van der Waals surface area contributed by atoms with E-state index in [9.17, 15) is 4.79 Å². The fourth-order valence-electron chi connectivity index (χ4n) is 2.22. The fraction of sp³-hybridized carbons (Fsp3) is 0.385. The first-order valence-electron chi connectivity index (χ1n) is 6.35.